The third kappa shape index (κ3) is 8.03. The second-order valence-corrected chi connectivity index (χ2v) is 35.2. The van der Waals surface area contributed by atoms with Crippen LogP contribution in [0.4, 0.5) is 0 Å². The van der Waals surface area contributed by atoms with E-state index in [4.69, 9.17) is 13.3 Å². The molecule has 3 fully saturated rings. The van der Waals surface area contributed by atoms with Crippen molar-refractivity contribution in [2.24, 2.45) is 34.5 Å². The second-order valence-electron chi connectivity index (χ2n) is 20.8. The molecule has 0 saturated heterocycles. The topological polar surface area (TPSA) is 27.7 Å². The average molecular weight is 679 g/mol. The van der Waals surface area contributed by atoms with Crippen LogP contribution in [0.1, 0.15) is 128 Å². The number of fused-ring (bicyclic) bond motifs is 1. The first-order valence-electron chi connectivity index (χ1n) is 18.7. The van der Waals surface area contributed by atoms with Crippen LogP contribution < -0.4 is 0 Å². The van der Waals surface area contributed by atoms with Gasteiger partial charge in [0.15, 0.2) is 25.0 Å². The van der Waals surface area contributed by atoms with Crippen molar-refractivity contribution in [3.05, 3.63) is 11.6 Å². The molecule has 3 rings (SSSR count). The van der Waals surface area contributed by atoms with E-state index in [2.05, 4.69) is 128 Å². The quantitative estimate of drug-likeness (QED) is 0.179. The van der Waals surface area contributed by atoms with Gasteiger partial charge in [0.1, 0.15) is 0 Å². The number of allylic oxidation sites excluding steroid dienone is 2. The lowest BCUT2D eigenvalue weighted by molar-refractivity contribution is -0.1000. The highest BCUT2D eigenvalue weighted by Crippen LogP contribution is 2.64. The molecule has 0 bridgehead atoms. The molecular formula is C39H78O3Si3. The third-order valence-electron chi connectivity index (χ3n) is 15.1. The predicted molar refractivity (Wildman–Crippen MR) is 205 cm³/mol. The zero-order valence-corrected chi connectivity index (χ0v) is 36.6. The van der Waals surface area contributed by atoms with Gasteiger partial charge in [0.05, 0.1) is 0 Å². The van der Waals surface area contributed by atoms with Crippen molar-refractivity contribution in [2.45, 2.75) is 189 Å². The number of rotatable bonds is 9. The van der Waals surface area contributed by atoms with Crippen molar-refractivity contribution >= 4 is 25.0 Å². The van der Waals surface area contributed by atoms with Crippen LogP contribution in [0.2, 0.25) is 54.4 Å². The van der Waals surface area contributed by atoms with Gasteiger partial charge in [0.25, 0.3) is 0 Å². The van der Waals surface area contributed by atoms with Crippen LogP contribution in [0.15, 0.2) is 11.6 Å². The van der Waals surface area contributed by atoms with Gasteiger partial charge in [-0.3, -0.25) is 0 Å². The van der Waals surface area contributed by atoms with Crippen LogP contribution >= 0.6 is 0 Å². The van der Waals surface area contributed by atoms with Gasteiger partial charge in [-0.05, 0) is 141 Å². The zero-order valence-electron chi connectivity index (χ0n) is 33.6. The lowest BCUT2D eigenvalue weighted by Crippen LogP contribution is -2.55. The zero-order chi connectivity index (χ0) is 34.7. The SMILES string of the molecule is C/C=C1\CCC2[C@H](CO[Si](C)(C)C(C)(C)C)C([C@@]3(C)CC[C@H](O[Si](C)(C)C(C)(C)C)C[C@@H]3CO[Si](C)(C)C(C)(C)C)CC[C@]12C. The molecule has 6 heteroatoms. The summed E-state index contributed by atoms with van der Waals surface area (Å²) in [4.78, 5) is 0. The van der Waals surface area contributed by atoms with E-state index in [-0.39, 0.29) is 20.5 Å². The lowest BCUT2D eigenvalue weighted by Gasteiger charge is -2.58. The van der Waals surface area contributed by atoms with E-state index < -0.39 is 25.0 Å². The fourth-order valence-electron chi connectivity index (χ4n) is 8.53. The predicted octanol–water partition coefficient (Wildman–Crippen LogP) is 12.6. The van der Waals surface area contributed by atoms with Crippen molar-refractivity contribution in [3.8, 4) is 0 Å². The third-order valence-corrected chi connectivity index (χ3v) is 28.7. The van der Waals surface area contributed by atoms with E-state index in [0.717, 1.165) is 19.6 Å². The van der Waals surface area contributed by atoms with E-state index in [9.17, 15) is 0 Å². The Morgan fingerprint density at radius 3 is 1.69 bits per heavy atom. The molecule has 0 aromatic heterocycles. The Morgan fingerprint density at radius 1 is 0.689 bits per heavy atom. The van der Waals surface area contributed by atoms with Gasteiger partial charge < -0.3 is 13.3 Å². The highest BCUT2D eigenvalue weighted by Gasteiger charge is 2.58. The molecule has 0 spiro atoms. The first-order valence-corrected chi connectivity index (χ1v) is 27.5. The number of hydrogen-bond acceptors (Lipinski definition) is 3. The van der Waals surface area contributed by atoms with Crippen LogP contribution in [0.25, 0.3) is 0 Å². The monoisotopic (exact) mass is 679 g/mol. The minimum atomic E-state index is -1.88. The summed E-state index contributed by atoms with van der Waals surface area (Å²) < 4.78 is 21.6. The summed E-state index contributed by atoms with van der Waals surface area (Å²) in [6.45, 7) is 45.6. The first kappa shape index (κ1) is 39.7. The van der Waals surface area contributed by atoms with Crippen LogP contribution in [0, 0.1) is 34.5 Å². The van der Waals surface area contributed by atoms with Crippen LogP contribution in [0.3, 0.4) is 0 Å². The minimum Gasteiger partial charge on any atom is -0.417 e. The van der Waals surface area contributed by atoms with Gasteiger partial charge in [-0.2, -0.15) is 0 Å². The van der Waals surface area contributed by atoms with E-state index in [1.807, 2.05) is 0 Å². The summed E-state index contributed by atoms with van der Waals surface area (Å²) in [7, 11) is -5.61. The molecule has 3 nitrogen and oxygen atoms in total. The molecule has 0 aromatic carbocycles. The molecule has 3 aliphatic rings. The maximum Gasteiger partial charge on any atom is 0.192 e. The van der Waals surface area contributed by atoms with Gasteiger partial charge in [-0.15, -0.1) is 0 Å². The van der Waals surface area contributed by atoms with E-state index in [1.54, 1.807) is 5.57 Å². The first-order chi connectivity index (χ1) is 20.1. The molecule has 7 atom stereocenters. The van der Waals surface area contributed by atoms with Crippen molar-refractivity contribution in [1.29, 1.82) is 0 Å². The van der Waals surface area contributed by atoms with E-state index in [1.165, 1.54) is 38.5 Å². The molecule has 0 amide bonds. The Morgan fingerprint density at radius 2 is 1.20 bits per heavy atom. The fourth-order valence-corrected chi connectivity index (χ4v) is 12.0. The van der Waals surface area contributed by atoms with Gasteiger partial charge in [-0.25, -0.2) is 0 Å². The summed E-state index contributed by atoms with van der Waals surface area (Å²) in [5, 5.41) is 0.676. The molecule has 45 heavy (non-hydrogen) atoms. The van der Waals surface area contributed by atoms with Crippen molar-refractivity contribution in [1.82, 2.24) is 0 Å². The maximum atomic E-state index is 7.22. The smallest absolute Gasteiger partial charge is 0.192 e. The van der Waals surface area contributed by atoms with Crippen LogP contribution in [-0.2, 0) is 13.3 Å². The fraction of sp³-hybridized carbons (Fsp3) is 0.949. The summed E-state index contributed by atoms with van der Waals surface area (Å²) in [5.74, 6) is 2.50. The highest BCUT2D eigenvalue weighted by atomic mass is 28.4. The molecular weight excluding hydrogens is 601 g/mol. The molecule has 264 valence electrons. The van der Waals surface area contributed by atoms with Gasteiger partial charge in [-0.1, -0.05) is 87.8 Å². The largest absolute Gasteiger partial charge is 0.417 e. The highest BCUT2D eigenvalue weighted by molar-refractivity contribution is 6.74. The van der Waals surface area contributed by atoms with Crippen molar-refractivity contribution in [3.63, 3.8) is 0 Å². The molecule has 0 N–H and O–H groups in total. The molecule has 3 saturated carbocycles. The molecule has 0 aliphatic heterocycles. The minimum absolute atomic E-state index is 0.216. The molecule has 3 aliphatic carbocycles. The summed E-state index contributed by atoms with van der Waals surface area (Å²) in [6, 6.07) is 0. The van der Waals surface area contributed by atoms with E-state index >= 15 is 0 Å². The van der Waals surface area contributed by atoms with Gasteiger partial charge in [0.2, 0.25) is 0 Å². The van der Waals surface area contributed by atoms with Crippen LogP contribution in [-0.4, -0.2) is 44.3 Å². The summed E-state index contributed by atoms with van der Waals surface area (Å²) in [6.07, 6.45) is 11.6. The van der Waals surface area contributed by atoms with E-state index in [0.29, 0.717) is 35.2 Å². The summed E-state index contributed by atoms with van der Waals surface area (Å²) >= 11 is 0. The molecule has 2 unspecified atom stereocenters. The molecule has 0 aromatic rings. The average Bonchev–Trinajstić information content (AvgIpc) is 3.21. The maximum absolute atomic E-state index is 7.22. The molecule has 0 heterocycles. The second kappa shape index (κ2) is 13.2. The Balaban J connectivity index is 2.02. The summed E-state index contributed by atoms with van der Waals surface area (Å²) in [5.41, 5.74) is 2.29. The lowest BCUT2D eigenvalue weighted by atomic mass is 9.49. The normalized spacial score (nSPS) is 35.2. The standard InChI is InChI=1S/C39H78O3Si3/c1-19-29-20-21-33-32(28-41-44(15,16)36(5,6)7)34(23-25-38(29,33)11)39(12)24-22-31(42-45(17,18)37(8,9)10)26-30(39)27-40-43(13,14)35(2,3)4/h19,30-34H,20-28H2,1-18H3/b29-19+/t30-,31+,32+,33?,34?,38-,39+/m1/s1. The Kier molecular flexibility index (Phi) is 11.6. The Labute approximate surface area is 285 Å². The van der Waals surface area contributed by atoms with Gasteiger partial charge in [0, 0.05) is 19.3 Å². The van der Waals surface area contributed by atoms with Crippen molar-refractivity contribution < 1.29 is 13.3 Å². The van der Waals surface area contributed by atoms with Gasteiger partial charge >= 0.3 is 0 Å². The van der Waals surface area contributed by atoms with Crippen LogP contribution in [0.5, 0.6) is 0 Å². The number of hydrogen-bond donors (Lipinski definition) is 0. The molecule has 0 radical (unpaired) electrons. The van der Waals surface area contributed by atoms with Crippen molar-refractivity contribution in [2.75, 3.05) is 13.2 Å². The Bertz CT molecular complexity index is 1040. The Hall–Kier alpha value is 0.271.